The van der Waals surface area contributed by atoms with Gasteiger partial charge in [0.15, 0.2) is 5.78 Å². The molecule has 2 aromatic rings. The van der Waals surface area contributed by atoms with Gasteiger partial charge in [0.1, 0.15) is 6.61 Å². The average molecular weight is 507 g/mol. The summed E-state index contributed by atoms with van der Waals surface area (Å²) >= 11 is 1.33. The van der Waals surface area contributed by atoms with Crippen LogP contribution in [0, 0.1) is 11.8 Å². The van der Waals surface area contributed by atoms with E-state index in [1.807, 2.05) is 0 Å². The van der Waals surface area contributed by atoms with Crippen molar-refractivity contribution < 1.29 is 44.2 Å². The summed E-state index contributed by atoms with van der Waals surface area (Å²) in [7, 11) is -1.58. The first kappa shape index (κ1) is 28.3. The third-order valence-electron chi connectivity index (χ3n) is 5.29. The number of carbonyl (C=O) groups excluding carboxylic acids is 3. The number of hydrogen-bond donors (Lipinski definition) is 4. The van der Waals surface area contributed by atoms with Gasteiger partial charge < -0.3 is 29.8 Å². The number of ketones is 1. The number of rotatable bonds is 14. The summed E-state index contributed by atoms with van der Waals surface area (Å²) in [6.07, 6.45) is 1.54. The number of Topliss-reactive ketones (excluding diaryl/α,β-unsaturated/α-hetero) is 1. The molecule has 10 nitrogen and oxygen atoms in total. The lowest BCUT2D eigenvalue weighted by atomic mass is 9.80. The van der Waals surface area contributed by atoms with Crippen molar-refractivity contribution in [3.63, 3.8) is 0 Å². The molecule has 1 heterocycles. The Balaban J connectivity index is 1.59. The molecule has 1 aromatic heterocycles. The fourth-order valence-corrected chi connectivity index (χ4v) is 3.77. The first-order valence-corrected chi connectivity index (χ1v) is 12.3. The van der Waals surface area contributed by atoms with E-state index in [1.165, 1.54) is 48.2 Å². The van der Waals surface area contributed by atoms with Crippen LogP contribution in [0.3, 0.4) is 0 Å². The molecule has 2 rings (SSSR count). The summed E-state index contributed by atoms with van der Waals surface area (Å²) in [6.45, 7) is 3.57. The molecule has 4 N–H and O–H groups in total. The predicted molar refractivity (Wildman–Crippen MR) is 130 cm³/mol. The standard InChI is InChI=1S/C23H30BNO9S/c1-15(4-3-5-16(2)23(30)34-25-20(27)10-11-21(25)28)22(29)33-12-13-35-14-19(26)17-6-8-18(9-7-17)24(31)32/h6-11,15-16,27-28,31-32H,3-5,12-14H2,1-2H3. The van der Waals surface area contributed by atoms with Crippen molar-refractivity contribution in [3.05, 3.63) is 42.0 Å². The lowest BCUT2D eigenvalue weighted by molar-refractivity contribution is -0.150. The Morgan fingerprint density at radius 3 is 2.09 bits per heavy atom. The molecular weight excluding hydrogens is 477 g/mol. The molecule has 190 valence electrons. The molecule has 0 spiro atoms. The largest absolute Gasteiger partial charge is 0.492 e. The van der Waals surface area contributed by atoms with Crippen LogP contribution in [-0.2, 0) is 14.3 Å². The van der Waals surface area contributed by atoms with Crippen LogP contribution in [0.4, 0.5) is 0 Å². The molecule has 0 saturated carbocycles. The van der Waals surface area contributed by atoms with E-state index < -0.39 is 19.0 Å². The van der Waals surface area contributed by atoms with Gasteiger partial charge in [0.05, 0.1) is 17.6 Å². The van der Waals surface area contributed by atoms with Crippen LogP contribution < -0.4 is 10.3 Å². The molecule has 1 aromatic carbocycles. The highest BCUT2D eigenvalue weighted by Crippen LogP contribution is 2.20. The Labute approximate surface area is 208 Å². The smallest absolute Gasteiger partial charge is 0.488 e. The van der Waals surface area contributed by atoms with Gasteiger partial charge in [-0.1, -0.05) is 44.5 Å². The molecule has 35 heavy (non-hydrogen) atoms. The molecule has 0 amide bonds. The summed E-state index contributed by atoms with van der Waals surface area (Å²) in [6, 6.07) is 8.42. The second-order valence-corrected chi connectivity index (χ2v) is 9.23. The molecule has 12 heteroatoms. The Hall–Kier alpha value is -2.96. The van der Waals surface area contributed by atoms with Crippen molar-refractivity contribution >= 4 is 42.1 Å². The zero-order valence-electron chi connectivity index (χ0n) is 19.6. The number of esters is 1. The van der Waals surface area contributed by atoms with Crippen molar-refractivity contribution in [1.29, 1.82) is 0 Å². The van der Waals surface area contributed by atoms with E-state index >= 15 is 0 Å². The van der Waals surface area contributed by atoms with Crippen LogP contribution in [-0.4, -0.2) is 67.9 Å². The summed E-state index contributed by atoms with van der Waals surface area (Å²) in [5.74, 6) is -2.05. The zero-order valence-corrected chi connectivity index (χ0v) is 20.4. The summed E-state index contributed by atoms with van der Waals surface area (Å²) in [5, 5.41) is 37.2. The second-order valence-electron chi connectivity index (χ2n) is 8.13. The number of nitrogens with zero attached hydrogens (tertiary/aromatic N) is 1. The predicted octanol–water partition coefficient (Wildman–Crippen LogP) is 1.14. The highest BCUT2D eigenvalue weighted by Gasteiger charge is 2.20. The third-order valence-corrected chi connectivity index (χ3v) is 6.22. The minimum Gasteiger partial charge on any atom is -0.492 e. The maximum Gasteiger partial charge on any atom is 0.488 e. The highest BCUT2D eigenvalue weighted by molar-refractivity contribution is 8.00. The van der Waals surface area contributed by atoms with Gasteiger partial charge in [-0.05, 0) is 18.3 Å². The average Bonchev–Trinajstić information content (AvgIpc) is 3.15. The van der Waals surface area contributed by atoms with Gasteiger partial charge in [0, 0.05) is 23.4 Å². The number of hydrogen-bond acceptors (Lipinski definition) is 10. The topological polar surface area (TPSA) is 156 Å². The number of ether oxygens (including phenoxy) is 1. The molecule has 0 bridgehead atoms. The van der Waals surface area contributed by atoms with Crippen molar-refractivity contribution in [2.45, 2.75) is 33.1 Å². The van der Waals surface area contributed by atoms with E-state index in [0.29, 0.717) is 40.8 Å². The molecule has 0 radical (unpaired) electrons. The van der Waals surface area contributed by atoms with E-state index in [0.717, 1.165) is 0 Å². The fraction of sp³-hybridized carbons (Fsp3) is 0.435. The maximum absolute atomic E-state index is 12.2. The van der Waals surface area contributed by atoms with Gasteiger partial charge in [-0.25, -0.2) is 4.79 Å². The van der Waals surface area contributed by atoms with E-state index in [4.69, 9.17) is 19.6 Å². The van der Waals surface area contributed by atoms with Gasteiger partial charge >= 0.3 is 19.1 Å². The van der Waals surface area contributed by atoms with Crippen LogP contribution in [0.15, 0.2) is 36.4 Å². The first-order valence-electron chi connectivity index (χ1n) is 11.2. The molecule has 2 unspecified atom stereocenters. The maximum atomic E-state index is 12.2. The summed E-state index contributed by atoms with van der Waals surface area (Å²) in [5.41, 5.74) is 0.773. The third kappa shape index (κ3) is 8.97. The summed E-state index contributed by atoms with van der Waals surface area (Å²) < 4.78 is 5.90. The number of carbonyl (C=O) groups is 3. The van der Waals surface area contributed by atoms with Crippen molar-refractivity contribution in [2.75, 3.05) is 18.1 Å². The fourth-order valence-electron chi connectivity index (χ4n) is 3.07. The van der Waals surface area contributed by atoms with Gasteiger partial charge in [-0.15, -0.1) is 4.73 Å². The van der Waals surface area contributed by atoms with Gasteiger partial charge in [0.2, 0.25) is 11.8 Å². The summed E-state index contributed by atoms with van der Waals surface area (Å²) in [4.78, 5) is 41.4. The lowest BCUT2D eigenvalue weighted by Gasteiger charge is -2.14. The normalized spacial score (nSPS) is 12.6. The van der Waals surface area contributed by atoms with Crippen LogP contribution in [0.2, 0.25) is 0 Å². The number of benzene rings is 1. The van der Waals surface area contributed by atoms with Crippen LogP contribution in [0.5, 0.6) is 11.8 Å². The second kappa shape index (κ2) is 13.8. The first-order chi connectivity index (χ1) is 16.6. The lowest BCUT2D eigenvalue weighted by Crippen LogP contribution is -2.29. The zero-order chi connectivity index (χ0) is 26.0. The van der Waals surface area contributed by atoms with Crippen molar-refractivity contribution in [1.82, 2.24) is 4.73 Å². The Kier molecular flexibility index (Phi) is 11.2. The van der Waals surface area contributed by atoms with E-state index in [9.17, 15) is 24.6 Å². The Morgan fingerprint density at radius 1 is 0.943 bits per heavy atom. The van der Waals surface area contributed by atoms with E-state index in [-0.39, 0.29) is 41.8 Å². The van der Waals surface area contributed by atoms with Gasteiger partial charge in [-0.3, -0.25) is 9.59 Å². The van der Waals surface area contributed by atoms with Crippen LogP contribution >= 0.6 is 11.8 Å². The Bertz CT molecular complexity index is 974. The highest BCUT2D eigenvalue weighted by atomic mass is 32.2. The van der Waals surface area contributed by atoms with Crippen LogP contribution in [0.25, 0.3) is 0 Å². The SMILES string of the molecule is CC(CCCC(C)C(=O)On1c(O)ccc1O)C(=O)OCCSCC(=O)c1ccc(B(O)O)cc1. The Morgan fingerprint density at radius 2 is 1.51 bits per heavy atom. The molecule has 0 aliphatic rings. The van der Waals surface area contributed by atoms with Crippen molar-refractivity contribution in [2.24, 2.45) is 11.8 Å². The minimum atomic E-state index is -1.58. The van der Waals surface area contributed by atoms with Gasteiger partial charge in [-0.2, -0.15) is 11.8 Å². The quantitative estimate of drug-likeness (QED) is 0.127. The molecule has 0 aliphatic carbocycles. The number of aromatic nitrogens is 1. The van der Waals surface area contributed by atoms with E-state index in [1.54, 1.807) is 13.8 Å². The van der Waals surface area contributed by atoms with Crippen molar-refractivity contribution in [3.8, 4) is 11.8 Å². The van der Waals surface area contributed by atoms with E-state index in [2.05, 4.69) is 0 Å². The molecule has 2 atom stereocenters. The number of thioether (sulfide) groups is 1. The van der Waals surface area contributed by atoms with Gasteiger partial charge in [0.25, 0.3) is 0 Å². The molecular formula is C23H30BNO9S. The monoisotopic (exact) mass is 507 g/mol. The molecule has 0 aliphatic heterocycles. The minimum absolute atomic E-state index is 0.108. The number of aromatic hydroxyl groups is 2. The molecule has 0 fully saturated rings. The van der Waals surface area contributed by atoms with Crippen LogP contribution in [0.1, 0.15) is 43.5 Å². The molecule has 0 saturated heterocycles.